The normalized spacial score (nSPS) is 15.1. The van der Waals surface area contributed by atoms with Crippen LogP contribution in [0.25, 0.3) is 0 Å². The first-order valence-electron chi connectivity index (χ1n) is 7.55. The number of hydrogen-bond acceptors (Lipinski definition) is 6. The van der Waals surface area contributed by atoms with Gasteiger partial charge in [0.05, 0.1) is 37.2 Å². The van der Waals surface area contributed by atoms with Crippen molar-refractivity contribution in [2.24, 2.45) is 0 Å². The topological polar surface area (TPSA) is 86.2 Å². The minimum atomic E-state index is -0.208. The lowest BCUT2D eigenvalue weighted by Gasteiger charge is -2.22. The average molecular weight is 314 g/mol. The van der Waals surface area contributed by atoms with Crippen LogP contribution in [0.15, 0.2) is 36.9 Å². The third-order valence-electron chi connectivity index (χ3n) is 3.50. The summed E-state index contributed by atoms with van der Waals surface area (Å²) in [7, 11) is 0. The Hall–Kier alpha value is -2.54. The van der Waals surface area contributed by atoms with E-state index in [9.17, 15) is 4.79 Å². The molecule has 120 valence electrons. The number of ether oxygens (including phenoxy) is 2. The van der Waals surface area contributed by atoms with Gasteiger partial charge in [0.2, 0.25) is 5.88 Å². The summed E-state index contributed by atoms with van der Waals surface area (Å²) in [5.74, 6) is 0.322. The van der Waals surface area contributed by atoms with E-state index in [1.54, 1.807) is 30.7 Å². The Bertz CT molecular complexity index is 628. The molecular weight excluding hydrogens is 296 g/mol. The van der Waals surface area contributed by atoms with Gasteiger partial charge in [-0.25, -0.2) is 4.98 Å². The fourth-order valence-electron chi connectivity index (χ4n) is 2.24. The average Bonchev–Trinajstić information content (AvgIpc) is 2.62. The summed E-state index contributed by atoms with van der Waals surface area (Å²) in [6.07, 6.45) is 8.17. The molecule has 1 amide bonds. The van der Waals surface area contributed by atoms with Gasteiger partial charge in [0.15, 0.2) is 0 Å². The predicted octanol–water partition coefficient (Wildman–Crippen LogP) is 1.36. The van der Waals surface area contributed by atoms with E-state index in [1.165, 1.54) is 6.20 Å². The number of hydrogen-bond donors (Lipinski definition) is 1. The summed E-state index contributed by atoms with van der Waals surface area (Å²) in [5.41, 5.74) is 1.18. The molecule has 1 N–H and O–H groups in total. The van der Waals surface area contributed by atoms with Crippen LogP contribution in [0.4, 0.5) is 0 Å². The van der Waals surface area contributed by atoms with Crippen LogP contribution >= 0.6 is 0 Å². The molecule has 0 bridgehead atoms. The second kappa shape index (κ2) is 7.64. The third kappa shape index (κ3) is 4.46. The van der Waals surface area contributed by atoms with Crippen LogP contribution in [0.2, 0.25) is 0 Å². The zero-order valence-corrected chi connectivity index (χ0v) is 12.6. The highest BCUT2D eigenvalue weighted by Crippen LogP contribution is 2.15. The first-order chi connectivity index (χ1) is 11.3. The van der Waals surface area contributed by atoms with E-state index in [-0.39, 0.29) is 12.0 Å². The molecule has 23 heavy (non-hydrogen) atoms. The minimum absolute atomic E-state index is 0.132. The highest BCUT2D eigenvalue weighted by Gasteiger charge is 2.16. The van der Waals surface area contributed by atoms with E-state index in [4.69, 9.17) is 9.47 Å². The smallest absolute Gasteiger partial charge is 0.253 e. The molecule has 0 saturated carbocycles. The highest BCUT2D eigenvalue weighted by molar-refractivity contribution is 5.93. The van der Waals surface area contributed by atoms with Crippen LogP contribution in [0.1, 0.15) is 28.9 Å². The second-order valence-corrected chi connectivity index (χ2v) is 5.19. The quantitative estimate of drug-likeness (QED) is 0.897. The fraction of sp³-hybridized carbons (Fsp3) is 0.375. The molecule has 7 nitrogen and oxygen atoms in total. The van der Waals surface area contributed by atoms with Crippen molar-refractivity contribution >= 4 is 5.91 Å². The molecule has 0 radical (unpaired) electrons. The van der Waals surface area contributed by atoms with E-state index in [2.05, 4.69) is 20.3 Å². The maximum atomic E-state index is 12.1. The number of nitrogens with one attached hydrogen (secondary N) is 1. The number of carbonyl (C=O) groups is 1. The van der Waals surface area contributed by atoms with Crippen LogP contribution in [0.5, 0.6) is 5.88 Å². The standard InChI is InChI=1S/C16H18N4O3/c21-16(20-11-13-10-17-5-6-18-13)12-1-2-15(19-9-12)23-14-3-7-22-8-4-14/h1-2,5-6,9-10,14H,3-4,7-8,11H2,(H,20,21). The van der Waals surface area contributed by atoms with Crippen molar-refractivity contribution in [1.29, 1.82) is 0 Å². The predicted molar refractivity (Wildman–Crippen MR) is 81.9 cm³/mol. The van der Waals surface area contributed by atoms with E-state index in [1.807, 2.05) is 0 Å². The van der Waals surface area contributed by atoms with Crippen LogP contribution < -0.4 is 10.1 Å². The van der Waals surface area contributed by atoms with Gasteiger partial charge in [0, 0.05) is 37.5 Å². The Balaban J connectivity index is 1.52. The zero-order valence-electron chi connectivity index (χ0n) is 12.6. The lowest BCUT2D eigenvalue weighted by molar-refractivity contribution is 0.0237. The zero-order chi connectivity index (χ0) is 15.9. The largest absolute Gasteiger partial charge is 0.474 e. The van der Waals surface area contributed by atoms with Gasteiger partial charge in [-0.15, -0.1) is 0 Å². The van der Waals surface area contributed by atoms with Crippen molar-refractivity contribution in [1.82, 2.24) is 20.3 Å². The van der Waals surface area contributed by atoms with Crippen molar-refractivity contribution in [3.63, 3.8) is 0 Å². The molecule has 0 unspecified atom stereocenters. The molecule has 3 rings (SSSR count). The van der Waals surface area contributed by atoms with Gasteiger partial charge < -0.3 is 14.8 Å². The number of amides is 1. The van der Waals surface area contributed by atoms with E-state index < -0.39 is 0 Å². The Morgan fingerprint density at radius 1 is 1.22 bits per heavy atom. The third-order valence-corrected chi connectivity index (χ3v) is 3.50. The summed E-state index contributed by atoms with van der Waals surface area (Å²) in [6, 6.07) is 3.42. The summed E-state index contributed by atoms with van der Waals surface area (Å²) in [4.78, 5) is 24.3. The number of pyridine rings is 1. The van der Waals surface area contributed by atoms with Gasteiger partial charge in [-0.2, -0.15) is 0 Å². The molecule has 7 heteroatoms. The lowest BCUT2D eigenvalue weighted by Crippen LogP contribution is -2.26. The van der Waals surface area contributed by atoms with Gasteiger partial charge in [0.1, 0.15) is 6.10 Å². The SMILES string of the molecule is O=C(NCc1cnccn1)c1ccc(OC2CCOCC2)nc1. The molecule has 0 aromatic carbocycles. The maximum Gasteiger partial charge on any atom is 0.253 e. The van der Waals surface area contributed by atoms with Crippen LogP contribution in [0.3, 0.4) is 0 Å². The summed E-state index contributed by atoms with van der Waals surface area (Å²) in [5, 5.41) is 2.78. The number of aromatic nitrogens is 3. The molecular formula is C16H18N4O3. The number of rotatable bonds is 5. The maximum absolute atomic E-state index is 12.1. The molecule has 0 aliphatic carbocycles. The fourth-order valence-corrected chi connectivity index (χ4v) is 2.24. The number of nitrogens with zero attached hydrogens (tertiary/aromatic N) is 3. The Morgan fingerprint density at radius 2 is 2.09 bits per heavy atom. The highest BCUT2D eigenvalue weighted by atomic mass is 16.5. The molecule has 1 aliphatic heterocycles. The summed E-state index contributed by atoms with van der Waals surface area (Å²) >= 11 is 0. The van der Waals surface area contributed by atoms with Crippen molar-refractivity contribution in [2.45, 2.75) is 25.5 Å². The number of carbonyl (C=O) groups excluding carboxylic acids is 1. The van der Waals surface area contributed by atoms with Crippen LogP contribution in [-0.4, -0.2) is 40.2 Å². The van der Waals surface area contributed by atoms with Crippen LogP contribution in [0, 0.1) is 0 Å². The molecule has 2 aromatic rings. The Kier molecular flexibility index (Phi) is 5.10. The molecule has 3 heterocycles. The van der Waals surface area contributed by atoms with Gasteiger partial charge in [-0.05, 0) is 6.07 Å². The van der Waals surface area contributed by atoms with Gasteiger partial charge in [0.25, 0.3) is 5.91 Å². The molecule has 0 spiro atoms. The molecule has 1 fully saturated rings. The Morgan fingerprint density at radius 3 is 2.78 bits per heavy atom. The van der Waals surface area contributed by atoms with Crippen LogP contribution in [-0.2, 0) is 11.3 Å². The van der Waals surface area contributed by atoms with E-state index in [0.29, 0.717) is 36.9 Å². The van der Waals surface area contributed by atoms with Crippen molar-refractivity contribution < 1.29 is 14.3 Å². The van der Waals surface area contributed by atoms with Crippen molar-refractivity contribution in [3.05, 3.63) is 48.2 Å². The van der Waals surface area contributed by atoms with Gasteiger partial charge in [-0.1, -0.05) is 0 Å². The summed E-state index contributed by atoms with van der Waals surface area (Å²) in [6.45, 7) is 1.76. The van der Waals surface area contributed by atoms with Crippen molar-refractivity contribution in [2.75, 3.05) is 13.2 Å². The van der Waals surface area contributed by atoms with Gasteiger partial charge in [-0.3, -0.25) is 14.8 Å². The first-order valence-corrected chi connectivity index (χ1v) is 7.55. The minimum Gasteiger partial charge on any atom is -0.474 e. The van der Waals surface area contributed by atoms with E-state index >= 15 is 0 Å². The lowest BCUT2D eigenvalue weighted by atomic mass is 10.1. The molecule has 1 saturated heterocycles. The Labute approximate surface area is 134 Å². The molecule has 2 aromatic heterocycles. The first kappa shape index (κ1) is 15.4. The van der Waals surface area contributed by atoms with Gasteiger partial charge >= 0.3 is 0 Å². The molecule has 1 aliphatic rings. The molecule has 0 atom stereocenters. The second-order valence-electron chi connectivity index (χ2n) is 5.19. The van der Waals surface area contributed by atoms with E-state index in [0.717, 1.165) is 12.8 Å². The van der Waals surface area contributed by atoms with Crippen molar-refractivity contribution in [3.8, 4) is 5.88 Å². The monoisotopic (exact) mass is 314 g/mol. The summed E-state index contributed by atoms with van der Waals surface area (Å²) < 4.78 is 11.1.